The molecule has 1 aromatic rings. The minimum Gasteiger partial charge on any atom is -0.350 e. The van der Waals surface area contributed by atoms with Gasteiger partial charge in [-0.25, -0.2) is 0 Å². The average molecular weight is 233 g/mol. The molecule has 1 aliphatic rings. The molecule has 1 aliphatic heterocycles. The monoisotopic (exact) mass is 233 g/mol. The first-order valence-corrected chi connectivity index (χ1v) is 6.12. The zero-order chi connectivity index (χ0) is 12.1. The number of rotatable bonds is 4. The van der Waals surface area contributed by atoms with Crippen molar-refractivity contribution in [3.05, 3.63) is 30.1 Å². The van der Waals surface area contributed by atoms with Crippen LogP contribution in [0.3, 0.4) is 0 Å². The fraction of sp³-hybridized carbons (Fsp3) is 0.538. The summed E-state index contributed by atoms with van der Waals surface area (Å²) in [6, 6.07) is 6.14. The molecule has 1 saturated heterocycles. The molecule has 0 aliphatic carbocycles. The Morgan fingerprint density at radius 3 is 3.12 bits per heavy atom. The van der Waals surface area contributed by atoms with Crippen molar-refractivity contribution < 1.29 is 4.79 Å². The van der Waals surface area contributed by atoms with Crippen LogP contribution in [0, 0.1) is 0 Å². The van der Waals surface area contributed by atoms with Crippen LogP contribution in [0.5, 0.6) is 0 Å². The van der Waals surface area contributed by atoms with Crippen molar-refractivity contribution >= 4 is 5.91 Å². The quantitative estimate of drug-likeness (QED) is 0.849. The van der Waals surface area contributed by atoms with Crippen LogP contribution in [-0.2, 0) is 11.3 Å². The van der Waals surface area contributed by atoms with Crippen LogP contribution < -0.4 is 5.32 Å². The normalized spacial score (nSPS) is 20.4. The summed E-state index contributed by atoms with van der Waals surface area (Å²) < 4.78 is 0. The van der Waals surface area contributed by atoms with Gasteiger partial charge in [-0.05, 0) is 38.6 Å². The molecule has 0 radical (unpaired) electrons. The van der Waals surface area contributed by atoms with Crippen LogP contribution >= 0.6 is 0 Å². The van der Waals surface area contributed by atoms with Crippen LogP contribution in [0.15, 0.2) is 24.4 Å². The largest absolute Gasteiger partial charge is 0.350 e. The van der Waals surface area contributed by atoms with Crippen molar-refractivity contribution in [3.8, 4) is 0 Å². The highest BCUT2D eigenvalue weighted by molar-refractivity contribution is 5.76. The van der Waals surface area contributed by atoms with Gasteiger partial charge < -0.3 is 10.2 Å². The summed E-state index contributed by atoms with van der Waals surface area (Å²) in [4.78, 5) is 18.2. The second kappa shape index (κ2) is 5.77. The van der Waals surface area contributed by atoms with Crippen molar-refractivity contribution in [2.75, 3.05) is 13.6 Å². The van der Waals surface area contributed by atoms with E-state index >= 15 is 0 Å². The maximum Gasteiger partial charge on any atom is 0.221 e. The maximum absolute atomic E-state index is 11.8. The number of likely N-dealkylation sites (tertiary alicyclic amines) is 1. The highest BCUT2D eigenvalue weighted by Gasteiger charge is 2.23. The Labute approximate surface area is 102 Å². The molecule has 1 atom stereocenters. The van der Waals surface area contributed by atoms with E-state index in [1.54, 1.807) is 6.20 Å². The van der Waals surface area contributed by atoms with E-state index in [9.17, 15) is 4.79 Å². The molecule has 0 spiro atoms. The first kappa shape index (κ1) is 12.0. The van der Waals surface area contributed by atoms with Gasteiger partial charge in [0.15, 0.2) is 0 Å². The SMILES string of the molecule is CN1CCCC1CC(=O)NCc1ccccn1. The van der Waals surface area contributed by atoms with Gasteiger partial charge in [0.1, 0.15) is 0 Å². The summed E-state index contributed by atoms with van der Waals surface area (Å²) in [5.41, 5.74) is 0.903. The van der Waals surface area contributed by atoms with Crippen molar-refractivity contribution in [1.29, 1.82) is 0 Å². The molecule has 92 valence electrons. The molecule has 17 heavy (non-hydrogen) atoms. The van der Waals surface area contributed by atoms with Crippen molar-refractivity contribution in [3.63, 3.8) is 0 Å². The molecule has 1 aromatic heterocycles. The predicted molar refractivity (Wildman–Crippen MR) is 66.4 cm³/mol. The highest BCUT2D eigenvalue weighted by atomic mass is 16.1. The highest BCUT2D eigenvalue weighted by Crippen LogP contribution is 2.17. The molecule has 1 N–H and O–H groups in total. The van der Waals surface area contributed by atoms with Gasteiger partial charge >= 0.3 is 0 Å². The molecule has 0 aromatic carbocycles. The zero-order valence-electron chi connectivity index (χ0n) is 10.2. The smallest absolute Gasteiger partial charge is 0.221 e. The number of pyridine rings is 1. The number of aromatic nitrogens is 1. The third kappa shape index (κ3) is 3.53. The Morgan fingerprint density at radius 1 is 1.59 bits per heavy atom. The molecular formula is C13H19N3O. The van der Waals surface area contributed by atoms with Gasteiger partial charge in [-0.1, -0.05) is 6.07 Å². The number of amides is 1. The topological polar surface area (TPSA) is 45.2 Å². The molecule has 2 rings (SSSR count). The van der Waals surface area contributed by atoms with E-state index in [0.717, 1.165) is 18.7 Å². The average Bonchev–Trinajstić information content (AvgIpc) is 2.74. The van der Waals surface area contributed by atoms with E-state index in [2.05, 4.69) is 22.2 Å². The minimum absolute atomic E-state index is 0.120. The van der Waals surface area contributed by atoms with Crippen molar-refractivity contribution in [2.24, 2.45) is 0 Å². The first-order chi connectivity index (χ1) is 8.25. The Kier molecular flexibility index (Phi) is 4.09. The number of nitrogens with one attached hydrogen (secondary N) is 1. The van der Waals surface area contributed by atoms with E-state index in [4.69, 9.17) is 0 Å². The molecule has 0 saturated carbocycles. The van der Waals surface area contributed by atoms with E-state index in [1.807, 2.05) is 18.2 Å². The second-order valence-corrected chi connectivity index (χ2v) is 4.58. The summed E-state index contributed by atoms with van der Waals surface area (Å²) >= 11 is 0. The molecule has 4 heteroatoms. The summed E-state index contributed by atoms with van der Waals surface area (Å²) in [6.45, 7) is 1.63. The van der Waals surface area contributed by atoms with Gasteiger partial charge in [0.05, 0.1) is 12.2 Å². The Balaban J connectivity index is 1.74. The Morgan fingerprint density at radius 2 is 2.47 bits per heavy atom. The Bertz CT molecular complexity index is 366. The Hall–Kier alpha value is -1.42. The zero-order valence-corrected chi connectivity index (χ0v) is 10.2. The molecular weight excluding hydrogens is 214 g/mol. The molecule has 1 fully saturated rings. The fourth-order valence-corrected chi connectivity index (χ4v) is 2.22. The number of carbonyl (C=O) groups is 1. The lowest BCUT2D eigenvalue weighted by molar-refractivity contribution is -0.122. The van der Waals surface area contributed by atoms with Crippen LogP contribution in [0.4, 0.5) is 0 Å². The van der Waals surface area contributed by atoms with E-state index in [-0.39, 0.29) is 5.91 Å². The van der Waals surface area contributed by atoms with E-state index < -0.39 is 0 Å². The third-order valence-electron chi connectivity index (χ3n) is 3.29. The minimum atomic E-state index is 0.120. The van der Waals surface area contributed by atoms with Gasteiger partial charge in [0, 0.05) is 18.7 Å². The van der Waals surface area contributed by atoms with Gasteiger partial charge in [0.2, 0.25) is 5.91 Å². The molecule has 1 unspecified atom stereocenters. The standard InChI is InChI=1S/C13H19N3O/c1-16-8-4-6-12(16)9-13(17)15-10-11-5-2-3-7-14-11/h2-3,5,7,12H,4,6,8-10H2,1H3,(H,15,17). The number of nitrogens with zero attached hydrogens (tertiary/aromatic N) is 2. The second-order valence-electron chi connectivity index (χ2n) is 4.58. The van der Waals surface area contributed by atoms with Gasteiger partial charge in [-0.2, -0.15) is 0 Å². The summed E-state index contributed by atoms with van der Waals surface area (Å²) in [5, 5.41) is 2.92. The van der Waals surface area contributed by atoms with Crippen LogP contribution in [0.2, 0.25) is 0 Å². The molecule has 0 bridgehead atoms. The van der Waals surface area contributed by atoms with Crippen LogP contribution in [0.1, 0.15) is 25.0 Å². The van der Waals surface area contributed by atoms with Crippen molar-refractivity contribution in [2.45, 2.75) is 31.8 Å². The number of hydrogen-bond acceptors (Lipinski definition) is 3. The summed E-state index contributed by atoms with van der Waals surface area (Å²) in [7, 11) is 2.09. The van der Waals surface area contributed by atoms with Crippen molar-refractivity contribution in [1.82, 2.24) is 15.2 Å². The molecule has 1 amide bonds. The third-order valence-corrected chi connectivity index (χ3v) is 3.29. The van der Waals surface area contributed by atoms with Gasteiger partial charge in [-0.15, -0.1) is 0 Å². The van der Waals surface area contributed by atoms with E-state index in [0.29, 0.717) is 19.0 Å². The molecule has 2 heterocycles. The fourth-order valence-electron chi connectivity index (χ4n) is 2.22. The summed E-state index contributed by atoms with van der Waals surface area (Å²) in [5.74, 6) is 0.120. The predicted octanol–water partition coefficient (Wildman–Crippen LogP) is 1.18. The summed E-state index contributed by atoms with van der Waals surface area (Å²) in [6.07, 6.45) is 4.68. The van der Waals surface area contributed by atoms with Gasteiger partial charge in [0.25, 0.3) is 0 Å². The number of hydrogen-bond donors (Lipinski definition) is 1. The van der Waals surface area contributed by atoms with Crippen LogP contribution in [0.25, 0.3) is 0 Å². The molecule has 4 nitrogen and oxygen atoms in total. The lowest BCUT2D eigenvalue weighted by Crippen LogP contribution is -2.32. The lowest BCUT2D eigenvalue weighted by Gasteiger charge is -2.18. The first-order valence-electron chi connectivity index (χ1n) is 6.12. The number of carbonyl (C=O) groups excluding carboxylic acids is 1. The van der Waals surface area contributed by atoms with Gasteiger partial charge in [-0.3, -0.25) is 9.78 Å². The lowest BCUT2D eigenvalue weighted by atomic mass is 10.1. The van der Waals surface area contributed by atoms with E-state index in [1.165, 1.54) is 6.42 Å². The van der Waals surface area contributed by atoms with Crippen LogP contribution in [-0.4, -0.2) is 35.4 Å². The maximum atomic E-state index is 11.8.